The van der Waals surface area contributed by atoms with E-state index in [1.165, 1.54) is 13.8 Å². The minimum absolute atomic E-state index is 0.199. The van der Waals surface area contributed by atoms with E-state index in [2.05, 4.69) is 0 Å². The highest BCUT2D eigenvalue weighted by molar-refractivity contribution is 5.66. The Morgan fingerprint density at radius 1 is 0.833 bits per heavy atom. The van der Waals surface area contributed by atoms with Crippen LogP contribution in [0.2, 0.25) is 0 Å². The molecule has 9 heteroatoms. The second-order valence-electron chi connectivity index (χ2n) is 4.43. The molecule has 0 unspecified atom stereocenters. The number of ether oxygens (including phenoxy) is 5. The summed E-state index contributed by atoms with van der Waals surface area (Å²) < 4.78 is 25.6. The fraction of sp³-hybridized carbons (Fsp3) is 0.800. The van der Waals surface area contributed by atoms with Gasteiger partial charge in [0.25, 0.3) is 5.97 Å². The average Bonchev–Trinajstić information content (AvgIpc) is 2.45. The van der Waals surface area contributed by atoms with Crippen LogP contribution < -0.4 is 0 Å². The molecule has 0 aliphatic carbocycles. The predicted molar refractivity (Wildman–Crippen MR) is 83.6 cm³/mol. The van der Waals surface area contributed by atoms with E-state index in [-0.39, 0.29) is 31.3 Å². The van der Waals surface area contributed by atoms with Gasteiger partial charge in [-0.15, -0.1) is 0 Å². The standard InChI is InChI=1S/C13H24O7.C2H4O2/c1-4-18-13(9-16-5-7-19-11(2)14)10-17-6-8-20-12(3)15;1-2(3)4/h13H,4-10H2,1-3H3;1H3,(H,3,4). The van der Waals surface area contributed by atoms with E-state index in [1.807, 2.05) is 6.92 Å². The van der Waals surface area contributed by atoms with Crippen LogP contribution in [0.25, 0.3) is 0 Å². The Morgan fingerprint density at radius 2 is 1.21 bits per heavy atom. The van der Waals surface area contributed by atoms with E-state index < -0.39 is 5.97 Å². The van der Waals surface area contributed by atoms with Crippen LogP contribution >= 0.6 is 0 Å². The number of hydrogen-bond donors (Lipinski definition) is 1. The van der Waals surface area contributed by atoms with Crippen molar-refractivity contribution in [2.45, 2.75) is 33.8 Å². The molecule has 9 nitrogen and oxygen atoms in total. The van der Waals surface area contributed by atoms with Crippen LogP contribution in [0.5, 0.6) is 0 Å². The number of rotatable bonds is 12. The molecule has 0 aromatic carbocycles. The normalized spacial score (nSPS) is 9.88. The summed E-state index contributed by atoms with van der Waals surface area (Å²) in [5.41, 5.74) is 0. The molecular formula is C15H28O9. The molecule has 0 aliphatic heterocycles. The zero-order valence-electron chi connectivity index (χ0n) is 14.7. The molecule has 0 saturated carbocycles. The maximum Gasteiger partial charge on any atom is 0.302 e. The van der Waals surface area contributed by atoms with E-state index in [0.29, 0.717) is 33.0 Å². The molecular weight excluding hydrogens is 324 g/mol. The van der Waals surface area contributed by atoms with E-state index >= 15 is 0 Å². The smallest absolute Gasteiger partial charge is 0.302 e. The molecule has 0 rings (SSSR count). The van der Waals surface area contributed by atoms with E-state index in [0.717, 1.165) is 6.92 Å². The van der Waals surface area contributed by atoms with Crippen LogP contribution in [-0.4, -0.2) is 75.4 Å². The lowest BCUT2D eigenvalue weighted by molar-refractivity contribution is -0.143. The highest BCUT2D eigenvalue weighted by atomic mass is 16.6. The molecule has 0 amide bonds. The summed E-state index contributed by atoms with van der Waals surface area (Å²) in [7, 11) is 0. The lowest BCUT2D eigenvalue weighted by Gasteiger charge is -2.17. The van der Waals surface area contributed by atoms with Crippen molar-refractivity contribution in [1.29, 1.82) is 0 Å². The Labute approximate surface area is 142 Å². The van der Waals surface area contributed by atoms with Crippen molar-refractivity contribution in [3.8, 4) is 0 Å². The summed E-state index contributed by atoms with van der Waals surface area (Å²) in [6.45, 7) is 7.98. The van der Waals surface area contributed by atoms with E-state index in [1.54, 1.807) is 0 Å². The van der Waals surface area contributed by atoms with Gasteiger partial charge in [0, 0.05) is 27.4 Å². The molecule has 24 heavy (non-hydrogen) atoms. The number of carbonyl (C=O) groups is 3. The lowest BCUT2D eigenvalue weighted by Crippen LogP contribution is -2.27. The molecule has 0 fully saturated rings. The average molecular weight is 352 g/mol. The van der Waals surface area contributed by atoms with Gasteiger partial charge in [0.15, 0.2) is 0 Å². The Balaban J connectivity index is 0. The van der Waals surface area contributed by atoms with Gasteiger partial charge in [0.05, 0.1) is 26.4 Å². The zero-order valence-corrected chi connectivity index (χ0v) is 14.7. The van der Waals surface area contributed by atoms with Gasteiger partial charge >= 0.3 is 11.9 Å². The first kappa shape index (κ1) is 24.5. The maximum absolute atomic E-state index is 10.5. The SMILES string of the molecule is CC(=O)O.CCOC(COCCOC(C)=O)COCCOC(C)=O. The number of esters is 2. The van der Waals surface area contributed by atoms with Crippen LogP contribution in [0, 0.1) is 0 Å². The van der Waals surface area contributed by atoms with Gasteiger partial charge in [-0.25, -0.2) is 0 Å². The van der Waals surface area contributed by atoms with Crippen molar-refractivity contribution in [3.05, 3.63) is 0 Å². The second kappa shape index (κ2) is 17.6. The Hall–Kier alpha value is -1.71. The lowest BCUT2D eigenvalue weighted by atomic mass is 10.4. The van der Waals surface area contributed by atoms with Gasteiger partial charge in [0.1, 0.15) is 19.3 Å². The first-order valence-corrected chi connectivity index (χ1v) is 7.52. The van der Waals surface area contributed by atoms with Gasteiger partial charge in [-0.1, -0.05) is 0 Å². The van der Waals surface area contributed by atoms with Gasteiger partial charge < -0.3 is 28.8 Å². The quantitative estimate of drug-likeness (QED) is 0.399. The van der Waals surface area contributed by atoms with Crippen LogP contribution in [0.15, 0.2) is 0 Å². The van der Waals surface area contributed by atoms with Gasteiger partial charge in [-0.3, -0.25) is 14.4 Å². The van der Waals surface area contributed by atoms with Crippen LogP contribution in [0.4, 0.5) is 0 Å². The van der Waals surface area contributed by atoms with Crippen molar-refractivity contribution in [2.75, 3.05) is 46.2 Å². The first-order valence-electron chi connectivity index (χ1n) is 7.52. The third-order valence-electron chi connectivity index (χ3n) is 2.08. The largest absolute Gasteiger partial charge is 0.481 e. The predicted octanol–water partition coefficient (Wildman–Crippen LogP) is 0.642. The summed E-state index contributed by atoms with van der Waals surface area (Å²) in [6, 6.07) is 0. The third-order valence-corrected chi connectivity index (χ3v) is 2.08. The Kier molecular flexibility index (Phi) is 18.0. The molecule has 1 N–H and O–H groups in total. The van der Waals surface area contributed by atoms with Crippen LogP contribution in [-0.2, 0) is 38.1 Å². The summed E-state index contributed by atoms with van der Waals surface area (Å²) in [6.07, 6.45) is -0.199. The fourth-order valence-electron chi connectivity index (χ4n) is 1.30. The molecule has 0 saturated heterocycles. The first-order chi connectivity index (χ1) is 11.3. The maximum atomic E-state index is 10.5. The highest BCUT2D eigenvalue weighted by Gasteiger charge is 2.09. The van der Waals surface area contributed by atoms with Gasteiger partial charge in [0.2, 0.25) is 0 Å². The number of carboxylic acids is 1. The monoisotopic (exact) mass is 352 g/mol. The van der Waals surface area contributed by atoms with Gasteiger partial charge in [-0.2, -0.15) is 0 Å². The molecule has 0 aromatic rings. The minimum Gasteiger partial charge on any atom is -0.481 e. The Morgan fingerprint density at radius 3 is 1.50 bits per heavy atom. The summed E-state index contributed by atoms with van der Waals surface area (Å²) in [5.74, 6) is -1.49. The van der Waals surface area contributed by atoms with Crippen molar-refractivity contribution in [3.63, 3.8) is 0 Å². The number of carboxylic acid groups (broad SMARTS) is 1. The minimum atomic E-state index is -0.833. The van der Waals surface area contributed by atoms with Crippen molar-refractivity contribution in [2.24, 2.45) is 0 Å². The highest BCUT2D eigenvalue weighted by Crippen LogP contribution is 1.96. The number of carbonyl (C=O) groups excluding carboxylic acids is 2. The number of hydrogen-bond acceptors (Lipinski definition) is 8. The summed E-state index contributed by atoms with van der Waals surface area (Å²) in [5, 5.41) is 7.42. The Bertz CT molecular complexity index is 316. The van der Waals surface area contributed by atoms with E-state index in [4.69, 9.17) is 33.6 Å². The van der Waals surface area contributed by atoms with Crippen LogP contribution in [0.3, 0.4) is 0 Å². The molecule has 0 atom stereocenters. The topological polar surface area (TPSA) is 118 Å². The second-order valence-corrected chi connectivity index (χ2v) is 4.43. The van der Waals surface area contributed by atoms with Crippen molar-refractivity contribution < 1.29 is 43.2 Å². The van der Waals surface area contributed by atoms with Crippen LogP contribution in [0.1, 0.15) is 27.7 Å². The molecule has 0 aliphatic rings. The molecule has 0 bridgehead atoms. The summed E-state index contributed by atoms with van der Waals surface area (Å²) in [4.78, 5) is 30.1. The summed E-state index contributed by atoms with van der Waals surface area (Å²) >= 11 is 0. The molecule has 0 aromatic heterocycles. The zero-order chi connectivity index (χ0) is 18.8. The third kappa shape index (κ3) is 25.3. The fourth-order valence-corrected chi connectivity index (χ4v) is 1.30. The molecule has 0 radical (unpaired) electrons. The number of aliphatic carboxylic acids is 1. The molecule has 0 heterocycles. The van der Waals surface area contributed by atoms with Gasteiger partial charge in [-0.05, 0) is 6.92 Å². The van der Waals surface area contributed by atoms with Crippen molar-refractivity contribution in [1.82, 2.24) is 0 Å². The molecule has 0 spiro atoms. The van der Waals surface area contributed by atoms with E-state index in [9.17, 15) is 9.59 Å². The molecule has 142 valence electrons. The van der Waals surface area contributed by atoms with Crippen molar-refractivity contribution >= 4 is 17.9 Å².